The van der Waals surface area contributed by atoms with Gasteiger partial charge in [-0.3, -0.25) is 0 Å². The molecule has 1 heterocycles. The van der Waals surface area contributed by atoms with Crippen LogP contribution in [0.15, 0.2) is 23.5 Å². The number of likely N-dealkylation sites (tertiary alicyclic amines) is 1. The van der Waals surface area contributed by atoms with E-state index in [1.807, 2.05) is 26.8 Å². The summed E-state index contributed by atoms with van der Waals surface area (Å²) in [7, 11) is 0. The Kier molecular flexibility index (Phi) is 2.89. The maximum absolute atomic E-state index is 11.9. The van der Waals surface area contributed by atoms with Crippen LogP contribution in [0.2, 0.25) is 0 Å². The minimum Gasteiger partial charge on any atom is -0.512 e. The van der Waals surface area contributed by atoms with Gasteiger partial charge in [0.25, 0.3) is 0 Å². The summed E-state index contributed by atoms with van der Waals surface area (Å²) < 4.78 is 5.33. The van der Waals surface area contributed by atoms with Crippen LogP contribution in [-0.4, -0.2) is 34.8 Å². The molecule has 2 rings (SSSR count). The van der Waals surface area contributed by atoms with Gasteiger partial charge in [0.15, 0.2) is 0 Å². The Bertz CT molecular complexity index is 390. The Morgan fingerprint density at radius 1 is 1.47 bits per heavy atom. The van der Waals surface area contributed by atoms with Gasteiger partial charge in [0.2, 0.25) is 0 Å². The third-order valence-corrected chi connectivity index (χ3v) is 2.99. The van der Waals surface area contributed by atoms with Gasteiger partial charge in [-0.15, -0.1) is 0 Å². The van der Waals surface area contributed by atoms with Gasteiger partial charge in [-0.2, -0.15) is 0 Å². The number of hydrogen-bond donors (Lipinski definition) is 1. The molecule has 0 radical (unpaired) electrons. The average Bonchev–Trinajstić information content (AvgIpc) is 2.57. The number of allylic oxidation sites excluding steroid dienone is 3. The molecule has 1 atom stereocenters. The number of carbonyl (C=O) groups excluding carboxylic acids is 1. The molecule has 1 N–H and O–H groups in total. The van der Waals surface area contributed by atoms with E-state index < -0.39 is 5.60 Å². The molecule has 4 nitrogen and oxygen atoms in total. The number of aliphatic hydroxyl groups is 1. The van der Waals surface area contributed by atoms with Gasteiger partial charge >= 0.3 is 6.09 Å². The summed E-state index contributed by atoms with van der Waals surface area (Å²) >= 11 is 0. The number of amides is 1. The molecular weight excluding hydrogens is 218 g/mol. The molecule has 1 aliphatic carbocycles. The lowest BCUT2D eigenvalue weighted by atomic mass is 9.93. The van der Waals surface area contributed by atoms with Crippen LogP contribution in [0.4, 0.5) is 4.79 Å². The van der Waals surface area contributed by atoms with Gasteiger partial charge in [0, 0.05) is 19.0 Å². The fraction of sp³-hybridized carbons (Fsp3) is 0.615. The number of piperidine rings is 1. The standard InChI is InChI=1S/C13H19NO3/c1-13(2,3)17-12(16)14-7-6-10-9(8-14)4-5-11(10)15/h4-5,10,15H,6-8H2,1-3H3. The number of carbonyl (C=O) groups is 1. The fourth-order valence-electron chi connectivity index (χ4n) is 2.18. The van der Waals surface area contributed by atoms with Gasteiger partial charge in [-0.05, 0) is 38.8 Å². The second kappa shape index (κ2) is 4.09. The monoisotopic (exact) mass is 237 g/mol. The Morgan fingerprint density at radius 2 is 2.18 bits per heavy atom. The van der Waals surface area contributed by atoms with Crippen LogP contribution in [0.3, 0.4) is 0 Å². The van der Waals surface area contributed by atoms with Crippen molar-refractivity contribution in [3.05, 3.63) is 23.5 Å². The second-order valence-corrected chi connectivity index (χ2v) is 5.58. The summed E-state index contributed by atoms with van der Waals surface area (Å²) in [6.45, 7) is 6.77. The van der Waals surface area contributed by atoms with E-state index in [4.69, 9.17) is 4.74 Å². The molecule has 0 aromatic heterocycles. The Hall–Kier alpha value is -1.45. The molecule has 0 aromatic carbocycles. The molecule has 0 saturated carbocycles. The summed E-state index contributed by atoms with van der Waals surface area (Å²) in [5.41, 5.74) is 0.637. The van der Waals surface area contributed by atoms with Gasteiger partial charge in [0.1, 0.15) is 5.60 Å². The van der Waals surface area contributed by atoms with Gasteiger partial charge in [0.05, 0.1) is 5.76 Å². The number of nitrogens with zero attached hydrogens (tertiary/aromatic N) is 1. The predicted molar refractivity (Wildman–Crippen MR) is 64.7 cm³/mol. The highest BCUT2D eigenvalue weighted by Gasteiger charge is 2.32. The van der Waals surface area contributed by atoms with Gasteiger partial charge < -0.3 is 14.7 Å². The van der Waals surface area contributed by atoms with Crippen molar-refractivity contribution in [3.63, 3.8) is 0 Å². The van der Waals surface area contributed by atoms with E-state index in [9.17, 15) is 9.90 Å². The molecule has 94 valence electrons. The quantitative estimate of drug-likeness (QED) is 0.704. The van der Waals surface area contributed by atoms with E-state index in [1.165, 1.54) is 0 Å². The average molecular weight is 237 g/mol. The molecule has 2 aliphatic rings. The number of aliphatic hydroxyl groups excluding tert-OH is 1. The maximum Gasteiger partial charge on any atom is 0.410 e. The highest BCUT2D eigenvalue weighted by Crippen LogP contribution is 2.32. The number of rotatable bonds is 0. The van der Waals surface area contributed by atoms with Crippen molar-refractivity contribution < 1.29 is 14.6 Å². The van der Waals surface area contributed by atoms with Crippen molar-refractivity contribution in [2.75, 3.05) is 13.1 Å². The normalized spacial score (nSPS) is 23.9. The highest BCUT2D eigenvalue weighted by molar-refractivity contribution is 5.69. The lowest BCUT2D eigenvalue weighted by Crippen LogP contribution is -2.42. The minimum atomic E-state index is -0.460. The predicted octanol–water partition coefficient (Wildman–Crippen LogP) is 2.63. The lowest BCUT2D eigenvalue weighted by molar-refractivity contribution is 0.0230. The Morgan fingerprint density at radius 3 is 2.82 bits per heavy atom. The molecule has 1 aliphatic heterocycles. The van der Waals surface area contributed by atoms with Crippen LogP contribution < -0.4 is 0 Å². The number of fused-ring (bicyclic) bond motifs is 1. The van der Waals surface area contributed by atoms with Gasteiger partial charge in [-0.25, -0.2) is 4.79 Å². The molecule has 17 heavy (non-hydrogen) atoms. The third-order valence-electron chi connectivity index (χ3n) is 2.99. The Labute approximate surface area is 102 Å². The summed E-state index contributed by atoms with van der Waals surface area (Å²) in [5.74, 6) is 0.539. The van der Waals surface area contributed by atoms with Crippen molar-refractivity contribution in [2.45, 2.75) is 32.8 Å². The molecule has 1 amide bonds. The van der Waals surface area contributed by atoms with Crippen molar-refractivity contribution in [1.29, 1.82) is 0 Å². The first kappa shape index (κ1) is 12.0. The first-order valence-electron chi connectivity index (χ1n) is 5.94. The molecular formula is C13H19NO3. The minimum absolute atomic E-state index is 0.119. The van der Waals surface area contributed by atoms with Crippen LogP contribution in [-0.2, 0) is 4.74 Å². The summed E-state index contributed by atoms with van der Waals surface area (Å²) in [5, 5.41) is 9.61. The van der Waals surface area contributed by atoms with E-state index in [1.54, 1.807) is 11.0 Å². The zero-order valence-electron chi connectivity index (χ0n) is 10.6. The van der Waals surface area contributed by atoms with Gasteiger partial charge in [-0.1, -0.05) is 6.08 Å². The first-order chi connectivity index (χ1) is 7.87. The molecule has 1 saturated heterocycles. The van der Waals surface area contributed by atoms with Crippen LogP contribution in [0, 0.1) is 5.92 Å². The maximum atomic E-state index is 11.9. The van der Waals surface area contributed by atoms with Crippen molar-refractivity contribution in [2.24, 2.45) is 5.92 Å². The van der Waals surface area contributed by atoms with Crippen molar-refractivity contribution in [3.8, 4) is 0 Å². The summed E-state index contributed by atoms with van der Waals surface area (Å²) in [6, 6.07) is 0. The number of ether oxygens (including phenoxy) is 1. The first-order valence-corrected chi connectivity index (χ1v) is 5.94. The van der Waals surface area contributed by atoms with Crippen molar-refractivity contribution in [1.82, 2.24) is 4.90 Å². The molecule has 0 bridgehead atoms. The van der Waals surface area contributed by atoms with E-state index >= 15 is 0 Å². The summed E-state index contributed by atoms with van der Waals surface area (Å²) in [6.07, 6.45) is 4.12. The lowest BCUT2D eigenvalue weighted by Gasteiger charge is -2.33. The topological polar surface area (TPSA) is 49.8 Å². The molecule has 1 fully saturated rings. The fourth-order valence-corrected chi connectivity index (χ4v) is 2.18. The molecule has 0 aromatic rings. The van der Waals surface area contributed by atoms with E-state index in [0.717, 1.165) is 12.0 Å². The van der Waals surface area contributed by atoms with Crippen LogP contribution in [0.25, 0.3) is 0 Å². The van der Waals surface area contributed by atoms with Crippen molar-refractivity contribution >= 4 is 6.09 Å². The molecule has 0 spiro atoms. The van der Waals surface area contributed by atoms with E-state index in [0.29, 0.717) is 18.8 Å². The smallest absolute Gasteiger partial charge is 0.410 e. The van der Waals surface area contributed by atoms with Crippen LogP contribution >= 0.6 is 0 Å². The number of hydrogen-bond acceptors (Lipinski definition) is 3. The largest absolute Gasteiger partial charge is 0.512 e. The molecule has 4 heteroatoms. The second-order valence-electron chi connectivity index (χ2n) is 5.58. The van der Waals surface area contributed by atoms with E-state index in [-0.39, 0.29) is 12.0 Å². The van der Waals surface area contributed by atoms with Crippen LogP contribution in [0.1, 0.15) is 27.2 Å². The molecule has 1 unspecified atom stereocenters. The zero-order valence-corrected chi connectivity index (χ0v) is 10.6. The SMILES string of the molecule is CC(C)(C)OC(=O)N1CCC2C(O)=CC=C2C1. The third kappa shape index (κ3) is 2.62. The highest BCUT2D eigenvalue weighted by atomic mass is 16.6. The zero-order chi connectivity index (χ0) is 12.6. The van der Waals surface area contributed by atoms with Crippen LogP contribution in [0.5, 0.6) is 0 Å². The Balaban J connectivity index is 1.96. The van der Waals surface area contributed by atoms with E-state index in [2.05, 4.69) is 0 Å². The summed E-state index contributed by atoms with van der Waals surface area (Å²) in [4.78, 5) is 13.6.